The summed E-state index contributed by atoms with van der Waals surface area (Å²) in [4.78, 5) is 11.7. The molecular weight excluding hydrogens is 240 g/mol. The van der Waals surface area contributed by atoms with Gasteiger partial charge in [-0.3, -0.25) is 4.79 Å². The Kier molecular flexibility index (Phi) is 4.30. The predicted molar refractivity (Wildman–Crippen MR) is 73.9 cm³/mol. The van der Waals surface area contributed by atoms with Crippen LogP contribution >= 0.6 is 0 Å². The number of para-hydroxylation sites is 1. The minimum atomic E-state index is -0.0365. The van der Waals surface area contributed by atoms with E-state index in [1.54, 1.807) is 10.9 Å². The lowest BCUT2D eigenvalue weighted by Gasteiger charge is -2.10. The Morgan fingerprint density at radius 1 is 1.42 bits per heavy atom. The van der Waals surface area contributed by atoms with Gasteiger partial charge in [0.05, 0.1) is 18.3 Å². The number of carbonyl (C=O) groups excluding carboxylic acids is 1. The van der Waals surface area contributed by atoms with Gasteiger partial charge in [-0.1, -0.05) is 18.2 Å². The number of aromatic nitrogens is 2. The molecule has 0 spiro atoms. The zero-order valence-electron chi connectivity index (χ0n) is 10.9. The van der Waals surface area contributed by atoms with E-state index in [0.717, 1.165) is 11.3 Å². The van der Waals surface area contributed by atoms with Gasteiger partial charge in [0, 0.05) is 18.8 Å². The van der Waals surface area contributed by atoms with Gasteiger partial charge in [0.15, 0.2) is 0 Å². The van der Waals surface area contributed by atoms with Crippen LogP contribution in [0.4, 0.5) is 0 Å². The highest BCUT2D eigenvalue weighted by molar-refractivity contribution is 5.78. The van der Waals surface area contributed by atoms with Crippen molar-refractivity contribution in [3.8, 4) is 5.69 Å². The van der Waals surface area contributed by atoms with E-state index in [1.165, 1.54) is 0 Å². The van der Waals surface area contributed by atoms with Gasteiger partial charge in [0.2, 0.25) is 5.91 Å². The molecule has 5 heteroatoms. The quantitative estimate of drug-likeness (QED) is 0.836. The molecule has 0 bridgehead atoms. The third-order valence-electron chi connectivity index (χ3n) is 2.78. The molecule has 0 saturated carbocycles. The second-order valence-electron chi connectivity index (χ2n) is 4.51. The number of nitrogens with zero attached hydrogens (tertiary/aromatic N) is 2. The SMILES string of the molecule is C[C@@H](CN)NC(=O)Cc1cnn(-c2ccccc2)c1. The van der Waals surface area contributed by atoms with Gasteiger partial charge in [-0.2, -0.15) is 5.10 Å². The Balaban J connectivity index is 2.00. The van der Waals surface area contributed by atoms with Crippen molar-refractivity contribution in [2.75, 3.05) is 6.54 Å². The Morgan fingerprint density at radius 2 is 2.16 bits per heavy atom. The summed E-state index contributed by atoms with van der Waals surface area (Å²) in [5.74, 6) is -0.0365. The van der Waals surface area contributed by atoms with Gasteiger partial charge in [-0.25, -0.2) is 4.68 Å². The fourth-order valence-corrected chi connectivity index (χ4v) is 1.74. The lowest BCUT2D eigenvalue weighted by molar-refractivity contribution is -0.120. The van der Waals surface area contributed by atoms with E-state index in [-0.39, 0.29) is 11.9 Å². The van der Waals surface area contributed by atoms with Crippen LogP contribution in [0.15, 0.2) is 42.7 Å². The maximum absolute atomic E-state index is 11.7. The Morgan fingerprint density at radius 3 is 2.84 bits per heavy atom. The molecule has 0 unspecified atom stereocenters. The van der Waals surface area contributed by atoms with Gasteiger partial charge < -0.3 is 11.1 Å². The number of rotatable bonds is 5. The number of hydrogen-bond acceptors (Lipinski definition) is 3. The molecule has 0 aliphatic carbocycles. The Labute approximate surface area is 112 Å². The first kappa shape index (κ1) is 13.3. The second-order valence-corrected chi connectivity index (χ2v) is 4.51. The molecule has 5 nitrogen and oxygen atoms in total. The Hall–Kier alpha value is -2.14. The van der Waals surface area contributed by atoms with Crippen molar-refractivity contribution in [2.45, 2.75) is 19.4 Å². The van der Waals surface area contributed by atoms with Crippen LogP contribution in [0.3, 0.4) is 0 Å². The summed E-state index contributed by atoms with van der Waals surface area (Å²) in [6.45, 7) is 2.32. The zero-order chi connectivity index (χ0) is 13.7. The third kappa shape index (κ3) is 3.66. The summed E-state index contributed by atoms with van der Waals surface area (Å²) < 4.78 is 1.76. The van der Waals surface area contributed by atoms with Crippen LogP contribution in [-0.4, -0.2) is 28.3 Å². The second kappa shape index (κ2) is 6.15. The van der Waals surface area contributed by atoms with E-state index in [9.17, 15) is 4.79 Å². The van der Waals surface area contributed by atoms with Gasteiger partial charge in [-0.05, 0) is 24.6 Å². The van der Waals surface area contributed by atoms with Crippen LogP contribution in [0, 0.1) is 0 Å². The van der Waals surface area contributed by atoms with Crippen LogP contribution in [0.1, 0.15) is 12.5 Å². The fourth-order valence-electron chi connectivity index (χ4n) is 1.74. The summed E-state index contributed by atoms with van der Waals surface area (Å²) in [6.07, 6.45) is 3.89. The molecule has 1 heterocycles. The monoisotopic (exact) mass is 258 g/mol. The Bertz CT molecular complexity index is 535. The number of amides is 1. The molecule has 2 aromatic rings. The molecule has 1 aromatic heterocycles. The van der Waals surface area contributed by atoms with Crippen molar-refractivity contribution in [2.24, 2.45) is 5.73 Å². The average Bonchev–Trinajstić information content (AvgIpc) is 2.88. The average molecular weight is 258 g/mol. The van der Waals surface area contributed by atoms with Gasteiger partial charge >= 0.3 is 0 Å². The highest BCUT2D eigenvalue weighted by Crippen LogP contribution is 2.08. The predicted octanol–water partition coefficient (Wildman–Crippen LogP) is 0.878. The molecule has 2 rings (SSSR count). The molecule has 1 amide bonds. The van der Waals surface area contributed by atoms with Crippen LogP contribution in [-0.2, 0) is 11.2 Å². The zero-order valence-corrected chi connectivity index (χ0v) is 10.9. The van der Waals surface area contributed by atoms with Crippen LogP contribution in [0.25, 0.3) is 5.69 Å². The summed E-state index contributed by atoms with van der Waals surface area (Å²) in [7, 11) is 0. The first-order chi connectivity index (χ1) is 9.19. The first-order valence-electron chi connectivity index (χ1n) is 6.27. The van der Waals surface area contributed by atoms with E-state index < -0.39 is 0 Å². The van der Waals surface area contributed by atoms with Crippen molar-refractivity contribution in [3.05, 3.63) is 48.3 Å². The topological polar surface area (TPSA) is 72.9 Å². The van der Waals surface area contributed by atoms with Gasteiger partial charge in [-0.15, -0.1) is 0 Å². The summed E-state index contributed by atoms with van der Waals surface area (Å²) in [6, 6.07) is 9.78. The number of nitrogens with two attached hydrogens (primary N) is 1. The van der Waals surface area contributed by atoms with E-state index in [0.29, 0.717) is 13.0 Å². The van der Waals surface area contributed by atoms with E-state index in [2.05, 4.69) is 10.4 Å². The molecule has 0 aliphatic heterocycles. The highest BCUT2D eigenvalue weighted by atomic mass is 16.1. The maximum atomic E-state index is 11.7. The first-order valence-corrected chi connectivity index (χ1v) is 6.27. The van der Waals surface area contributed by atoms with Crippen LogP contribution < -0.4 is 11.1 Å². The van der Waals surface area contributed by atoms with Gasteiger partial charge in [0.1, 0.15) is 0 Å². The summed E-state index contributed by atoms with van der Waals surface area (Å²) in [5, 5.41) is 7.08. The fraction of sp³-hybridized carbons (Fsp3) is 0.286. The van der Waals surface area contributed by atoms with Crippen LogP contribution in [0.2, 0.25) is 0 Å². The molecule has 19 heavy (non-hydrogen) atoms. The lowest BCUT2D eigenvalue weighted by atomic mass is 10.2. The van der Waals surface area contributed by atoms with Crippen molar-refractivity contribution in [1.29, 1.82) is 0 Å². The molecule has 3 N–H and O–H groups in total. The number of nitrogens with one attached hydrogen (secondary N) is 1. The standard InChI is InChI=1S/C14H18N4O/c1-11(8-15)17-14(19)7-12-9-16-18(10-12)13-5-3-2-4-6-13/h2-6,9-11H,7-8,15H2,1H3,(H,17,19)/t11-/m0/s1. The normalized spacial score (nSPS) is 12.1. The molecule has 0 fully saturated rings. The maximum Gasteiger partial charge on any atom is 0.224 e. The minimum Gasteiger partial charge on any atom is -0.352 e. The number of benzene rings is 1. The smallest absolute Gasteiger partial charge is 0.224 e. The minimum absolute atomic E-state index is 0.00308. The van der Waals surface area contributed by atoms with E-state index in [4.69, 9.17) is 5.73 Å². The van der Waals surface area contributed by atoms with Crippen molar-refractivity contribution < 1.29 is 4.79 Å². The lowest BCUT2D eigenvalue weighted by Crippen LogP contribution is -2.38. The highest BCUT2D eigenvalue weighted by Gasteiger charge is 2.08. The van der Waals surface area contributed by atoms with Crippen molar-refractivity contribution in [1.82, 2.24) is 15.1 Å². The molecule has 0 radical (unpaired) electrons. The van der Waals surface area contributed by atoms with Crippen LogP contribution in [0.5, 0.6) is 0 Å². The summed E-state index contributed by atoms with van der Waals surface area (Å²) >= 11 is 0. The largest absolute Gasteiger partial charge is 0.352 e. The summed E-state index contributed by atoms with van der Waals surface area (Å²) in [5.41, 5.74) is 7.32. The molecule has 1 aromatic carbocycles. The molecule has 0 saturated heterocycles. The van der Waals surface area contributed by atoms with Crippen molar-refractivity contribution >= 4 is 5.91 Å². The van der Waals surface area contributed by atoms with E-state index >= 15 is 0 Å². The number of hydrogen-bond donors (Lipinski definition) is 2. The number of carbonyl (C=O) groups is 1. The molecule has 1 atom stereocenters. The molecular formula is C14H18N4O. The molecule has 0 aliphatic rings. The van der Waals surface area contributed by atoms with Gasteiger partial charge in [0.25, 0.3) is 0 Å². The van der Waals surface area contributed by atoms with Crippen molar-refractivity contribution in [3.63, 3.8) is 0 Å². The molecule has 100 valence electrons. The van der Waals surface area contributed by atoms with E-state index in [1.807, 2.05) is 43.5 Å². The third-order valence-corrected chi connectivity index (χ3v) is 2.78.